The van der Waals surface area contributed by atoms with Crippen LogP contribution in [0.2, 0.25) is 0 Å². The Morgan fingerprint density at radius 3 is 2.58 bits per heavy atom. The smallest absolute Gasteiger partial charge is 0.245 e. The Labute approximate surface area is 75.9 Å². The van der Waals surface area contributed by atoms with Crippen molar-refractivity contribution in [3.63, 3.8) is 0 Å². The Bertz CT molecular complexity index is 203. The summed E-state index contributed by atoms with van der Waals surface area (Å²) in [7, 11) is 0.819. The van der Waals surface area contributed by atoms with Gasteiger partial charge in [-0.2, -0.15) is 0 Å². The lowest BCUT2D eigenvalue weighted by molar-refractivity contribution is -0.126. The van der Waals surface area contributed by atoms with Crippen molar-refractivity contribution in [2.24, 2.45) is 0 Å². The SMILES string of the molecule is C=CC(=O)N(C)[C@H](C)C[S@@](C)=O. The summed E-state index contributed by atoms with van der Waals surface area (Å²) in [5, 5.41) is 0. The number of hydrogen-bond acceptors (Lipinski definition) is 2. The van der Waals surface area contributed by atoms with Crippen molar-refractivity contribution in [3.8, 4) is 0 Å². The van der Waals surface area contributed by atoms with Crippen LogP contribution < -0.4 is 0 Å². The van der Waals surface area contributed by atoms with E-state index in [2.05, 4.69) is 6.58 Å². The Morgan fingerprint density at radius 2 is 2.25 bits per heavy atom. The maximum atomic E-state index is 11.0. The van der Waals surface area contributed by atoms with Crippen LogP contribution in [0.25, 0.3) is 0 Å². The molecule has 0 aromatic carbocycles. The standard InChI is InChI=1S/C8H15NO2S/c1-5-8(10)9(3)7(2)6-12(4)11/h5,7H,1,6H2,2-4H3/t7-,12-/m1/s1. The van der Waals surface area contributed by atoms with E-state index in [9.17, 15) is 9.00 Å². The quantitative estimate of drug-likeness (QED) is 0.600. The van der Waals surface area contributed by atoms with Crippen LogP contribution in [-0.4, -0.2) is 40.1 Å². The van der Waals surface area contributed by atoms with Gasteiger partial charge in [-0.3, -0.25) is 9.00 Å². The largest absolute Gasteiger partial charge is 0.339 e. The molecule has 0 aromatic rings. The summed E-state index contributed by atoms with van der Waals surface area (Å²) in [4.78, 5) is 12.6. The molecule has 0 radical (unpaired) electrons. The van der Waals surface area contributed by atoms with Gasteiger partial charge in [0.25, 0.3) is 0 Å². The van der Waals surface area contributed by atoms with Gasteiger partial charge in [0.1, 0.15) is 0 Å². The second-order valence-electron chi connectivity index (χ2n) is 2.74. The molecular formula is C8H15NO2S. The average Bonchev–Trinajstić information content (AvgIpc) is 2.00. The number of nitrogens with zero attached hydrogens (tertiary/aromatic N) is 1. The molecule has 0 unspecified atom stereocenters. The first kappa shape index (κ1) is 11.4. The zero-order chi connectivity index (χ0) is 9.72. The highest BCUT2D eigenvalue weighted by molar-refractivity contribution is 7.84. The Kier molecular flexibility index (Phi) is 4.81. The van der Waals surface area contributed by atoms with Crippen LogP contribution in [0.1, 0.15) is 6.92 Å². The molecule has 4 heteroatoms. The predicted molar refractivity (Wildman–Crippen MR) is 51.4 cm³/mol. The van der Waals surface area contributed by atoms with E-state index in [1.807, 2.05) is 6.92 Å². The summed E-state index contributed by atoms with van der Waals surface area (Å²) in [5.74, 6) is 0.378. The third-order valence-corrected chi connectivity index (χ3v) is 2.61. The predicted octanol–water partition coefficient (Wildman–Crippen LogP) is 0.398. The maximum Gasteiger partial charge on any atom is 0.245 e. The van der Waals surface area contributed by atoms with Gasteiger partial charge in [-0.1, -0.05) is 6.58 Å². The molecule has 0 saturated carbocycles. The van der Waals surface area contributed by atoms with Crippen LogP contribution in [0.15, 0.2) is 12.7 Å². The van der Waals surface area contributed by atoms with Gasteiger partial charge in [0.15, 0.2) is 0 Å². The fraction of sp³-hybridized carbons (Fsp3) is 0.625. The number of amides is 1. The van der Waals surface area contributed by atoms with E-state index in [1.165, 1.54) is 11.0 Å². The van der Waals surface area contributed by atoms with E-state index in [-0.39, 0.29) is 11.9 Å². The summed E-state index contributed by atoms with van der Waals surface area (Å²) in [6.07, 6.45) is 2.89. The van der Waals surface area contributed by atoms with E-state index >= 15 is 0 Å². The molecule has 2 atom stereocenters. The van der Waals surface area contributed by atoms with Crippen LogP contribution in [0.5, 0.6) is 0 Å². The Balaban J connectivity index is 4.08. The van der Waals surface area contributed by atoms with Gasteiger partial charge >= 0.3 is 0 Å². The molecule has 0 fully saturated rings. The van der Waals surface area contributed by atoms with Gasteiger partial charge in [-0.25, -0.2) is 0 Å². The zero-order valence-corrected chi connectivity index (χ0v) is 8.56. The summed E-state index contributed by atoms with van der Waals surface area (Å²) in [6.45, 7) is 5.24. The van der Waals surface area contributed by atoms with Gasteiger partial charge in [0, 0.05) is 35.9 Å². The van der Waals surface area contributed by atoms with E-state index in [0.717, 1.165) is 0 Å². The normalized spacial score (nSPS) is 14.9. The minimum absolute atomic E-state index is 0.00123. The molecule has 70 valence electrons. The lowest BCUT2D eigenvalue weighted by Crippen LogP contribution is -2.37. The highest BCUT2D eigenvalue weighted by atomic mass is 32.2. The first-order valence-corrected chi connectivity index (χ1v) is 5.41. The Morgan fingerprint density at radius 1 is 1.75 bits per heavy atom. The molecule has 0 heterocycles. The van der Waals surface area contributed by atoms with Crippen LogP contribution in [0.3, 0.4) is 0 Å². The average molecular weight is 189 g/mol. The molecule has 0 N–H and O–H groups in total. The third-order valence-electron chi connectivity index (χ3n) is 1.66. The Hall–Kier alpha value is -0.640. The van der Waals surface area contributed by atoms with E-state index in [4.69, 9.17) is 0 Å². The summed E-state index contributed by atoms with van der Waals surface area (Å²) in [5.41, 5.74) is 0. The molecule has 0 aromatic heterocycles. The van der Waals surface area contributed by atoms with E-state index in [1.54, 1.807) is 13.3 Å². The lowest BCUT2D eigenvalue weighted by Gasteiger charge is -2.22. The molecule has 1 amide bonds. The number of likely N-dealkylation sites (N-methyl/N-ethyl adjacent to an activating group) is 1. The van der Waals surface area contributed by atoms with Crippen LogP contribution in [0.4, 0.5) is 0 Å². The van der Waals surface area contributed by atoms with Crippen LogP contribution in [-0.2, 0) is 15.6 Å². The van der Waals surface area contributed by atoms with Gasteiger partial charge in [0.05, 0.1) is 0 Å². The fourth-order valence-corrected chi connectivity index (χ4v) is 1.72. The number of hydrogen-bond donors (Lipinski definition) is 0. The molecular weight excluding hydrogens is 174 g/mol. The highest BCUT2D eigenvalue weighted by Crippen LogP contribution is 1.98. The summed E-state index contributed by atoms with van der Waals surface area (Å²) in [6, 6.07) is 0.00123. The zero-order valence-electron chi connectivity index (χ0n) is 7.74. The number of carbonyl (C=O) groups is 1. The highest BCUT2D eigenvalue weighted by Gasteiger charge is 2.13. The molecule has 0 aliphatic carbocycles. The van der Waals surface area contributed by atoms with Crippen LogP contribution >= 0.6 is 0 Å². The fourth-order valence-electron chi connectivity index (χ4n) is 0.813. The van der Waals surface area contributed by atoms with Crippen molar-refractivity contribution in [1.29, 1.82) is 0 Å². The van der Waals surface area contributed by atoms with Gasteiger partial charge in [-0.05, 0) is 13.0 Å². The lowest BCUT2D eigenvalue weighted by atomic mass is 10.3. The van der Waals surface area contributed by atoms with E-state index in [0.29, 0.717) is 5.75 Å². The molecule has 0 spiro atoms. The number of rotatable bonds is 4. The van der Waals surface area contributed by atoms with E-state index < -0.39 is 10.8 Å². The number of carbonyl (C=O) groups excluding carboxylic acids is 1. The summed E-state index contributed by atoms with van der Waals surface area (Å²) < 4.78 is 10.8. The van der Waals surface area contributed by atoms with Crippen LogP contribution in [0, 0.1) is 0 Å². The second-order valence-corrected chi connectivity index (χ2v) is 4.22. The monoisotopic (exact) mass is 189 g/mol. The topological polar surface area (TPSA) is 37.4 Å². The first-order valence-electron chi connectivity index (χ1n) is 3.68. The third kappa shape index (κ3) is 3.67. The van der Waals surface area contributed by atoms with Crippen molar-refractivity contribution >= 4 is 16.7 Å². The van der Waals surface area contributed by atoms with Gasteiger partial charge < -0.3 is 4.90 Å². The second kappa shape index (κ2) is 5.09. The van der Waals surface area contributed by atoms with Crippen molar-refractivity contribution in [1.82, 2.24) is 4.90 Å². The molecule has 0 saturated heterocycles. The molecule has 0 rings (SSSR count). The van der Waals surface area contributed by atoms with Crippen molar-refractivity contribution in [2.45, 2.75) is 13.0 Å². The molecule has 12 heavy (non-hydrogen) atoms. The minimum atomic E-state index is -0.863. The van der Waals surface area contributed by atoms with Crippen molar-refractivity contribution in [2.75, 3.05) is 19.1 Å². The molecule has 0 bridgehead atoms. The molecule has 3 nitrogen and oxygen atoms in total. The molecule has 0 aliphatic heterocycles. The minimum Gasteiger partial charge on any atom is -0.339 e. The van der Waals surface area contributed by atoms with Crippen molar-refractivity contribution in [3.05, 3.63) is 12.7 Å². The first-order chi connectivity index (χ1) is 5.49. The van der Waals surface area contributed by atoms with Gasteiger partial charge in [-0.15, -0.1) is 0 Å². The maximum absolute atomic E-state index is 11.0. The molecule has 0 aliphatic rings. The van der Waals surface area contributed by atoms with Gasteiger partial charge in [0.2, 0.25) is 5.91 Å². The van der Waals surface area contributed by atoms with Crippen molar-refractivity contribution < 1.29 is 9.00 Å². The summed E-state index contributed by atoms with van der Waals surface area (Å²) >= 11 is 0.